The Hall–Kier alpha value is -3.56. The highest BCUT2D eigenvalue weighted by atomic mass is 32.2. The van der Waals surface area contributed by atoms with Crippen LogP contribution in [0.15, 0.2) is 35.6 Å². The fraction of sp³-hybridized carbons (Fsp3) is 0.292. The molecule has 1 aliphatic carbocycles. The van der Waals surface area contributed by atoms with Crippen molar-refractivity contribution in [2.24, 2.45) is 11.0 Å². The van der Waals surface area contributed by atoms with Gasteiger partial charge in [-0.2, -0.15) is 5.10 Å². The van der Waals surface area contributed by atoms with E-state index >= 15 is 0 Å². The van der Waals surface area contributed by atoms with Crippen LogP contribution in [-0.2, 0) is 0 Å². The number of halogens is 2. The Morgan fingerprint density at radius 1 is 1.25 bits per heavy atom. The van der Waals surface area contributed by atoms with Crippen molar-refractivity contribution in [3.8, 4) is 28.7 Å². The van der Waals surface area contributed by atoms with Gasteiger partial charge < -0.3 is 4.74 Å². The summed E-state index contributed by atoms with van der Waals surface area (Å²) in [7, 11) is 1.42. The van der Waals surface area contributed by atoms with Crippen molar-refractivity contribution in [2.75, 3.05) is 12.4 Å². The second-order valence-electron chi connectivity index (χ2n) is 8.09. The molecule has 8 nitrogen and oxygen atoms in total. The van der Waals surface area contributed by atoms with E-state index in [9.17, 15) is 13.6 Å². The first kappa shape index (κ1) is 24.1. The molecule has 2 aromatic heterocycles. The number of ether oxygens (including phenoxy) is 1. The second-order valence-corrected chi connectivity index (χ2v) is 10.4. The summed E-state index contributed by atoms with van der Waals surface area (Å²) in [6.45, 7) is 1.97. The number of hydrogen-bond acceptors (Lipinski definition) is 9. The van der Waals surface area contributed by atoms with Crippen LogP contribution in [0.3, 0.4) is 0 Å². The maximum Gasteiger partial charge on any atom is 0.280 e. The van der Waals surface area contributed by atoms with Crippen LogP contribution >= 0.6 is 23.1 Å². The number of thioether (sulfide) groups is 1. The average molecular weight is 527 g/mol. The molecule has 0 radical (unpaired) electrons. The van der Waals surface area contributed by atoms with Crippen molar-refractivity contribution in [1.29, 1.82) is 0 Å². The zero-order valence-electron chi connectivity index (χ0n) is 19.2. The molecule has 1 aromatic carbocycles. The molecule has 1 fully saturated rings. The normalized spacial score (nSPS) is 16.7. The number of alkyl halides is 2. The topological polar surface area (TPSA) is 101 Å². The Balaban J connectivity index is 1.53. The van der Waals surface area contributed by atoms with E-state index in [2.05, 4.69) is 42.9 Å². The van der Waals surface area contributed by atoms with E-state index < -0.39 is 18.0 Å². The maximum absolute atomic E-state index is 13.5. The summed E-state index contributed by atoms with van der Waals surface area (Å²) in [5, 5.41) is 16.7. The van der Waals surface area contributed by atoms with Gasteiger partial charge in [0.2, 0.25) is 5.13 Å². The van der Waals surface area contributed by atoms with Crippen LogP contribution in [0.2, 0.25) is 0 Å². The van der Waals surface area contributed by atoms with Crippen molar-refractivity contribution < 1.29 is 18.3 Å². The number of benzene rings is 1. The number of carbonyl (C=O) groups is 1. The summed E-state index contributed by atoms with van der Waals surface area (Å²) >= 11 is 2.69. The number of nitrogens with one attached hydrogen (secondary N) is 2. The average Bonchev–Trinajstić information content (AvgIpc) is 3.44. The summed E-state index contributed by atoms with van der Waals surface area (Å²) in [5.41, 5.74) is 4.24. The van der Waals surface area contributed by atoms with E-state index in [0.29, 0.717) is 27.2 Å². The molecule has 0 spiro atoms. The molecule has 0 saturated heterocycles. The van der Waals surface area contributed by atoms with Gasteiger partial charge in [0, 0.05) is 22.6 Å². The van der Waals surface area contributed by atoms with Crippen LogP contribution in [0.1, 0.15) is 52.8 Å². The first-order chi connectivity index (χ1) is 17.4. The molecule has 12 heteroatoms. The van der Waals surface area contributed by atoms with E-state index in [-0.39, 0.29) is 16.7 Å². The smallest absolute Gasteiger partial charge is 0.280 e. The number of hydrogen-bond donors (Lipinski definition) is 2. The molecule has 3 aromatic rings. The summed E-state index contributed by atoms with van der Waals surface area (Å²) in [6.07, 6.45) is 0.637. The number of amides is 1. The lowest BCUT2D eigenvalue weighted by atomic mass is 9.96. The lowest BCUT2D eigenvalue weighted by Gasteiger charge is -2.15. The maximum atomic E-state index is 13.5. The van der Waals surface area contributed by atoms with E-state index in [0.717, 1.165) is 23.4 Å². The van der Waals surface area contributed by atoms with Gasteiger partial charge in [-0.15, -0.1) is 10.2 Å². The van der Waals surface area contributed by atoms with Crippen molar-refractivity contribution in [1.82, 2.24) is 20.6 Å². The lowest BCUT2D eigenvalue weighted by Crippen LogP contribution is -2.14. The summed E-state index contributed by atoms with van der Waals surface area (Å²) in [6, 6.07) is 6.36. The van der Waals surface area contributed by atoms with Crippen LogP contribution in [0.25, 0.3) is 11.1 Å². The SMILES string of the molecule is COc1cnc(C(F)F)cc1-c1cc(C2=NNC(C)S2)ccc1C(=O)Nc1nnc(C#CC2CC2)s1. The van der Waals surface area contributed by atoms with E-state index in [4.69, 9.17) is 4.74 Å². The third-order valence-corrected chi connectivity index (χ3v) is 7.14. The Bertz CT molecular complexity index is 1410. The first-order valence-corrected chi connectivity index (χ1v) is 12.7. The molecular formula is C24H20F2N6O2S2. The fourth-order valence-corrected chi connectivity index (χ4v) is 4.84. The van der Waals surface area contributed by atoms with Crippen molar-refractivity contribution >= 4 is 39.2 Å². The van der Waals surface area contributed by atoms with Gasteiger partial charge in [0.25, 0.3) is 12.3 Å². The zero-order chi connectivity index (χ0) is 25.2. The molecule has 2 N–H and O–H groups in total. The second kappa shape index (κ2) is 10.2. The molecule has 5 rings (SSSR count). The van der Waals surface area contributed by atoms with E-state index in [1.165, 1.54) is 42.5 Å². The third-order valence-electron chi connectivity index (χ3n) is 5.38. The molecule has 1 atom stereocenters. The molecule has 36 heavy (non-hydrogen) atoms. The summed E-state index contributed by atoms with van der Waals surface area (Å²) in [4.78, 5) is 17.1. The first-order valence-electron chi connectivity index (χ1n) is 11.0. The van der Waals surface area contributed by atoms with Crippen LogP contribution in [0, 0.1) is 17.8 Å². The number of anilines is 1. The van der Waals surface area contributed by atoms with Gasteiger partial charge in [-0.1, -0.05) is 35.1 Å². The Morgan fingerprint density at radius 3 is 2.78 bits per heavy atom. The van der Waals surface area contributed by atoms with Crippen molar-refractivity contribution in [2.45, 2.75) is 31.6 Å². The molecule has 1 unspecified atom stereocenters. The monoisotopic (exact) mass is 526 g/mol. The van der Waals surface area contributed by atoms with Crippen LogP contribution in [0.5, 0.6) is 5.75 Å². The summed E-state index contributed by atoms with van der Waals surface area (Å²) in [5.74, 6) is 6.29. The Morgan fingerprint density at radius 2 is 2.08 bits per heavy atom. The Kier molecular flexibility index (Phi) is 6.84. The summed E-state index contributed by atoms with van der Waals surface area (Å²) < 4.78 is 32.4. The highest BCUT2D eigenvalue weighted by Gasteiger charge is 2.24. The van der Waals surface area contributed by atoms with Crippen LogP contribution < -0.4 is 15.5 Å². The molecule has 1 amide bonds. The standard InChI is InChI=1S/C24H20F2N6O2S2/c1-12-29-31-23(35-12)14-6-7-15(16(9-14)17-10-18(21(25)26)27-11-19(17)34-2)22(33)28-24-32-30-20(36-24)8-5-13-3-4-13/h6-7,9-13,21,29H,3-4H2,1-2H3,(H,28,32,33). The zero-order valence-corrected chi connectivity index (χ0v) is 20.8. The molecular weight excluding hydrogens is 506 g/mol. The van der Waals surface area contributed by atoms with Gasteiger partial charge in [0.1, 0.15) is 16.5 Å². The molecule has 2 aliphatic rings. The highest BCUT2D eigenvalue weighted by molar-refractivity contribution is 8.15. The molecule has 1 saturated carbocycles. The van der Waals surface area contributed by atoms with Gasteiger partial charge in [-0.3, -0.25) is 20.5 Å². The highest BCUT2D eigenvalue weighted by Crippen LogP contribution is 2.37. The predicted octanol–water partition coefficient (Wildman–Crippen LogP) is 4.90. The minimum absolute atomic E-state index is 0.0851. The van der Waals surface area contributed by atoms with Gasteiger partial charge in [0.15, 0.2) is 5.01 Å². The third kappa shape index (κ3) is 5.32. The van der Waals surface area contributed by atoms with Crippen LogP contribution in [-0.4, -0.2) is 38.6 Å². The van der Waals surface area contributed by atoms with E-state index in [1.807, 2.05) is 6.92 Å². The van der Waals surface area contributed by atoms with E-state index in [1.54, 1.807) is 18.2 Å². The number of methoxy groups -OCH3 is 1. The number of pyridine rings is 1. The van der Waals surface area contributed by atoms with Crippen molar-refractivity contribution in [3.63, 3.8) is 0 Å². The van der Waals surface area contributed by atoms with Crippen molar-refractivity contribution in [3.05, 3.63) is 52.3 Å². The minimum atomic E-state index is -2.79. The molecule has 1 aliphatic heterocycles. The molecule has 0 bridgehead atoms. The number of hydrazone groups is 1. The van der Waals surface area contributed by atoms with Crippen LogP contribution in [0.4, 0.5) is 13.9 Å². The quantitative estimate of drug-likeness (QED) is 0.441. The minimum Gasteiger partial charge on any atom is -0.494 e. The van der Waals surface area contributed by atoms with Gasteiger partial charge in [0.05, 0.1) is 18.7 Å². The number of rotatable bonds is 6. The van der Waals surface area contributed by atoms with Gasteiger partial charge >= 0.3 is 0 Å². The molecule has 3 heterocycles. The molecule has 184 valence electrons. The number of aromatic nitrogens is 3. The van der Waals surface area contributed by atoms with Gasteiger partial charge in [-0.05, 0) is 49.4 Å². The Labute approximate surface area is 214 Å². The number of carbonyl (C=O) groups excluding carboxylic acids is 1. The fourth-order valence-electron chi connectivity index (χ4n) is 3.43. The largest absolute Gasteiger partial charge is 0.494 e. The number of nitrogens with zero attached hydrogens (tertiary/aromatic N) is 4. The van der Waals surface area contributed by atoms with Gasteiger partial charge in [-0.25, -0.2) is 8.78 Å². The lowest BCUT2D eigenvalue weighted by molar-refractivity contribution is 0.102. The predicted molar refractivity (Wildman–Crippen MR) is 135 cm³/mol.